The zero-order valence-electron chi connectivity index (χ0n) is 7.24. The summed E-state index contributed by atoms with van der Waals surface area (Å²) in [4.78, 5) is 8.26. The first-order valence-corrected chi connectivity index (χ1v) is 5.25. The predicted octanol–water partition coefficient (Wildman–Crippen LogP) is 2.48. The van der Waals surface area contributed by atoms with Crippen LogP contribution in [0.3, 0.4) is 0 Å². The molecule has 3 nitrogen and oxygen atoms in total. The molecule has 0 aliphatic carbocycles. The third kappa shape index (κ3) is 2.25. The van der Waals surface area contributed by atoms with Crippen molar-refractivity contribution < 1.29 is 4.74 Å². The monoisotopic (exact) mass is 242 g/mol. The van der Waals surface area contributed by atoms with E-state index in [-0.39, 0.29) is 6.10 Å². The number of hydrogen-bond acceptors (Lipinski definition) is 3. The summed E-state index contributed by atoms with van der Waals surface area (Å²) >= 11 is 3.25. The Morgan fingerprint density at radius 2 is 2.38 bits per heavy atom. The summed E-state index contributed by atoms with van der Waals surface area (Å²) in [5.74, 6) is 0. The highest BCUT2D eigenvalue weighted by atomic mass is 79.9. The van der Waals surface area contributed by atoms with Gasteiger partial charge in [0.05, 0.1) is 11.8 Å². The third-order valence-electron chi connectivity index (χ3n) is 2.16. The molecule has 1 aliphatic heterocycles. The van der Waals surface area contributed by atoms with Crippen molar-refractivity contribution in [3.05, 3.63) is 22.7 Å². The van der Waals surface area contributed by atoms with Crippen LogP contribution in [0.5, 0.6) is 0 Å². The maximum Gasteiger partial charge on any atom is 0.196 e. The Labute approximate surface area is 85.7 Å². The van der Waals surface area contributed by atoms with Crippen LogP contribution in [0.25, 0.3) is 0 Å². The molecular formula is C9H11BrN2O. The maximum absolute atomic E-state index is 5.61. The summed E-state index contributed by atoms with van der Waals surface area (Å²) in [6, 6.07) is 1.92. The minimum Gasteiger partial charge on any atom is -0.372 e. The first-order chi connectivity index (χ1) is 6.36. The molecule has 13 heavy (non-hydrogen) atoms. The standard InChI is InChI=1S/C9H11BrN2O/c10-9-11-5-4-7(12-9)8-3-1-2-6-13-8/h4-5,8H,1-3,6H2. The van der Waals surface area contributed by atoms with Gasteiger partial charge in [0.1, 0.15) is 0 Å². The highest BCUT2D eigenvalue weighted by molar-refractivity contribution is 9.10. The molecule has 70 valence electrons. The normalized spacial score (nSPS) is 23.0. The topological polar surface area (TPSA) is 35.0 Å². The van der Waals surface area contributed by atoms with Crippen LogP contribution in [0.15, 0.2) is 17.0 Å². The minimum atomic E-state index is 0.174. The van der Waals surface area contributed by atoms with Gasteiger partial charge in [0.25, 0.3) is 0 Å². The minimum absolute atomic E-state index is 0.174. The molecule has 1 aliphatic rings. The molecule has 0 saturated carbocycles. The van der Waals surface area contributed by atoms with Crippen LogP contribution >= 0.6 is 15.9 Å². The molecule has 0 N–H and O–H groups in total. The van der Waals surface area contributed by atoms with Gasteiger partial charge in [0, 0.05) is 12.8 Å². The molecule has 0 radical (unpaired) electrons. The smallest absolute Gasteiger partial charge is 0.196 e. The summed E-state index contributed by atoms with van der Waals surface area (Å²) in [6.07, 6.45) is 5.40. The van der Waals surface area contributed by atoms with E-state index in [1.807, 2.05) is 6.07 Å². The van der Waals surface area contributed by atoms with E-state index in [1.165, 1.54) is 12.8 Å². The van der Waals surface area contributed by atoms with Gasteiger partial charge in [-0.05, 0) is 41.3 Å². The molecule has 1 unspecified atom stereocenters. The van der Waals surface area contributed by atoms with Crippen molar-refractivity contribution >= 4 is 15.9 Å². The largest absolute Gasteiger partial charge is 0.372 e. The molecule has 0 amide bonds. The van der Waals surface area contributed by atoms with Gasteiger partial charge in [-0.25, -0.2) is 9.97 Å². The third-order valence-corrected chi connectivity index (χ3v) is 2.54. The highest BCUT2D eigenvalue weighted by Gasteiger charge is 2.17. The number of aromatic nitrogens is 2. The first-order valence-electron chi connectivity index (χ1n) is 4.46. The molecule has 0 bridgehead atoms. The molecule has 2 heterocycles. The number of hydrogen-bond donors (Lipinski definition) is 0. The Morgan fingerprint density at radius 3 is 3.08 bits per heavy atom. The molecule has 0 spiro atoms. The highest BCUT2D eigenvalue weighted by Crippen LogP contribution is 2.26. The average molecular weight is 243 g/mol. The van der Waals surface area contributed by atoms with Crippen LogP contribution < -0.4 is 0 Å². The first kappa shape index (κ1) is 9.09. The SMILES string of the molecule is Brc1nccc(C2CCCCO2)n1. The number of nitrogens with zero attached hydrogens (tertiary/aromatic N) is 2. The lowest BCUT2D eigenvalue weighted by atomic mass is 10.1. The number of rotatable bonds is 1. The van der Waals surface area contributed by atoms with E-state index in [4.69, 9.17) is 4.74 Å². The quantitative estimate of drug-likeness (QED) is 0.710. The summed E-state index contributed by atoms with van der Waals surface area (Å²) in [5, 5.41) is 0. The Morgan fingerprint density at radius 1 is 1.46 bits per heavy atom. The summed E-state index contributed by atoms with van der Waals surface area (Å²) in [6.45, 7) is 0.853. The fourth-order valence-electron chi connectivity index (χ4n) is 1.50. The lowest BCUT2D eigenvalue weighted by Crippen LogP contribution is -2.12. The van der Waals surface area contributed by atoms with Gasteiger partial charge in [0.15, 0.2) is 4.73 Å². The average Bonchev–Trinajstić information content (AvgIpc) is 2.19. The van der Waals surface area contributed by atoms with Crippen molar-refractivity contribution in [2.45, 2.75) is 25.4 Å². The molecule has 0 aromatic carbocycles. The molecule has 2 rings (SSSR count). The van der Waals surface area contributed by atoms with Crippen LogP contribution in [0.2, 0.25) is 0 Å². The number of halogens is 1. The van der Waals surface area contributed by atoms with Crippen molar-refractivity contribution in [3.63, 3.8) is 0 Å². The number of ether oxygens (including phenoxy) is 1. The predicted molar refractivity (Wildman–Crippen MR) is 52.3 cm³/mol. The van der Waals surface area contributed by atoms with Crippen molar-refractivity contribution in [3.8, 4) is 0 Å². The maximum atomic E-state index is 5.61. The van der Waals surface area contributed by atoms with Crippen LogP contribution in [0.4, 0.5) is 0 Å². The summed E-state index contributed by atoms with van der Waals surface area (Å²) < 4.78 is 6.25. The van der Waals surface area contributed by atoms with Gasteiger partial charge >= 0.3 is 0 Å². The second kappa shape index (κ2) is 4.15. The zero-order valence-corrected chi connectivity index (χ0v) is 8.83. The fraction of sp³-hybridized carbons (Fsp3) is 0.556. The second-order valence-electron chi connectivity index (χ2n) is 3.11. The van der Waals surface area contributed by atoms with Gasteiger partial charge < -0.3 is 4.74 Å². The molecule has 1 aromatic heterocycles. The summed E-state index contributed by atoms with van der Waals surface area (Å²) in [7, 11) is 0. The molecule has 1 aromatic rings. The van der Waals surface area contributed by atoms with Gasteiger partial charge in [0.2, 0.25) is 0 Å². The van der Waals surface area contributed by atoms with E-state index in [0.717, 1.165) is 18.7 Å². The van der Waals surface area contributed by atoms with Crippen LogP contribution in [-0.4, -0.2) is 16.6 Å². The van der Waals surface area contributed by atoms with Gasteiger partial charge in [-0.1, -0.05) is 0 Å². The second-order valence-corrected chi connectivity index (χ2v) is 3.82. The van der Waals surface area contributed by atoms with Crippen molar-refractivity contribution in [2.75, 3.05) is 6.61 Å². The van der Waals surface area contributed by atoms with Gasteiger partial charge in [-0.2, -0.15) is 0 Å². The van der Waals surface area contributed by atoms with Crippen molar-refractivity contribution in [1.82, 2.24) is 9.97 Å². The molecular weight excluding hydrogens is 232 g/mol. The van der Waals surface area contributed by atoms with E-state index >= 15 is 0 Å². The summed E-state index contributed by atoms with van der Waals surface area (Å²) in [5.41, 5.74) is 0.988. The molecule has 1 saturated heterocycles. The Kier molecular flexibility index (Phi) is 2.90. The molecule has 1 atom stereocenters. The fourth-order valence-corrected chi connectivity index (χ4v) is 1.82. The van der Waals surface area contributed by atoms with E-state index in [0.29, 0.717) is 4.73 Å². The van der Waals surface area contributed by atoms with Gasteiger partial charge in [-0.15, -0.1) is 0 Å². The van der Waals surface area contributed by atoms with Crippen molar-refractivity contribution in [2.24, 2.45) is 0 Å². The lowest BCUT2D eigenvalue weighted by molar-refractivity contribution is 0.0121. The van der Waals surface area contributed by atoms with E-state index < -0.39 is 0 Å². The van der Waals surface area contributed by atoms with Gasteiger partial charge in [-0.3, -0.25) is 0 Å². The molecule has 1 fully saturated rings. The van der Waals surface area contributed by atoms with Crippen LogP contribution in [0, 0.1) is 0 Å². The Balaban J connectivity index is 2.14. The molecule has 4 heteroatoms. The Hall–Kier alpha value is -0.480. The van der Waals surface area contributed by atoms with Crippen LogP contribution in [0.1, 0.15) is 31.1 Å². The lowest BCUT2D eigenvalue weighted by Gasteiger charge is -2.21. The van der Waals surface area contributed by atoms with E-state index in [1.54, 1.807) is 6.20 Å². The van der Waals surface area contributed by atoms with Crippen molar-refractivity contribution in [1.29, 1.82) is 0 Å². The van der Waals surface area contributed by atoms with E-state index in [9.17, 15) is 0 Å². The van der Waals surface area contributed by atoms with E-state index in [2.05, 4.69) is 25.9 Å². The van der Waals surface area contributed by atoms with Crippen LogP contribution in [-0.2, 0) is 4.74 Å². The zero-order chi connectivity index (χ0) is 9.10. The Bertz CT molecular complexity index is 287.